The monoisotopic (exact) mass is 552 g/mol. The highest BCUT2D eigenvalue weighted by Crippen LogP contribution is 2.72. The number of aliphatic hydroxyl groups is 1. The van der Waals surface area contributed by atoms with Gasteiger partial charge < -0.3 is 15.6 Å². The lowest BCUT2D eigenvalue weighted by Crippen LogP contribution is -2.45. The lowest BCUT2D eigenvalue weighted by atomic mass is 9.92. The van der Waals surface area contributed by atoms with E-state index in [1.807, 2.05) is 0 Å². The Morgan fingerprint density at radius 1 is 1.03 bits per heavy atom. The minimum Gasteiger partial charge on any atom is -0.390 e. The van der Waals surface area contributed by atoms with E-state index < -0.39 is 66.1 Å². The third kappa shape index (κ3) is 7.11. The fourth-order valence-corrected chi connectivity index (χ4v) is 7.42. The van der Waals surface area contributed by atoms with Crippen molar-refractivity contribution in [2.75, 3.05) is 41.6 Å². The van der Waals surface area contributed by atoms with E-state index in [-0.39, 0.29) is 18.5 Å². The van der Waals surface area contributed by atoms with E-state index in [9.17, 15) is 28.4 Å². The van der Waals surface area contributed by atoms with Gasteiger partial charge in [0.2, 0.25) is 5.91 Å². The minimum atomic E-state index is -4.86. The molecule has 196 valence electrons. The van der Waals surface area contributed by atoms with Crippen molar-refractivity contribution in [3.05, 3.63) is 11.6 Å². The number of hydrogen-bond acceptors (Lipinski definition) is 15. The number of phosphoric acid groups is 3. The van der Waals surface area contributed by atoms with Crippen molar-refractivity contribution in [2.24, 2.45) is 11.7 Å². The SMILES string of the molecule is COP(=O)(OC)OP(=O)(OC)OP(=O)(OC)OC[C@H]1O[C@@H](C2C=C(CN)C(=O)NC2=O)CC1O. The number of hydrogen-bond donors (Lipinski definition) is 3. The van der Waals surface area contributed by atoms with Crippen molar-refractivity contribution in [3.63, 3.8) is 0 Å². The number of rotatable bonds is 13. The smallest absolute Gasteiger partial charge is 0.390 e. The van der Waals surface area contributed by atoms with Crippen LogP contribution in [0.5, 0.6) is 0 Å². The molecule has 16 nitrogen and oxygen atoms in total. The molecule has 0 radical (unpaired) electrons. The first-order chi connectivity index (χ1) is 15.9. The highest BCUT2D eigenvalue weighted by Gasteiger charge is 2.47. The summed E-state index contributed by atoms with van der Waals surface area (Å²) in [6.45, 7) is -0.716. The minimum absolute atomic E-state index is 0.0304. The summed E-state index contributed by atoms with van der Waals surface area (Å²) < 4.78 is 75.8. The Morgan fingerprint density at radius 3 is 2.12 bits per heavy atom. The van der Waals surface area contributed by atoms with E-state index in [1.165, 1.54) is 6.08 Å². The lowest BCUT2D eigenvalue weighted by molar-refractivity contribution is -0.134. The van der Waals surface area contributed by atoms with Gasteiger partial charge in [0.25, 0.3) is 5.91 Å². The van der Waals surface area contributed by atoms with Gasteiger partial charge in [-0.05, 0) is 0 Å². The van der Waals surface area contributed by atoms with E-state index in [1.54, 1.807) is 0 Å². The zero-order valence-electron chi connectivity index (χ0n) is 18.7. The van der Waals surface area contributed by atoms with Crippen LogP contribution in [0, 0.1) is 5.92 Å². The normalized spacial score (nSPS) is 29.3. The van der Waals surface area contributed by atoms with E-state index in [0.717, 1.165) is 28.4 Å². The van der Waals surface area contributed by atoms with Gasteiger partial charge in [0.05, 0.1) is 24.7 Å². The molecule has 2 heterocycles. The summed E-state index contributed by atoms with van der Waals surface area (Å²) >= 11 is 0. The molecule has 6 atom stereocenters. The molecule has 19 heteroatoms. The highest BCUT2D eigenvalue weighted by molar-refractivity contribution is 7.67. The first kappa shape index (κ1) is 29.4. The number of ether oxygens (including phenoxy) is 1. The summed E-state index contributed by atoms with van der Waals surface area (Å²) in [4.78, 5) is 23.9. The van der Waals surface area contributed by atoms with Crippen molar-refractivity contribution in [1.82, 2.24) is 5.32 Å². The Bertz CT molecular complexity index is 933. The molecule has 0 saturated carbocycles. The second kappa shape index (κ2) is 11.9. The molecule has 34 heavy (non-hydrogen) atoms. The maximum atomic E-state index is 12.8. The van der Waals surface area contributed by atoms with E-state index in [0.29, 0.717) is 0 Å². The Hall–Kier alpha value is -0.830. The number of carbonyl (C=O) groups excluding carboxylic acids is 2. The van der Waals surface area contributed by atoms with Crippen molar-refractivity contribution in [1.29, 1.82) is 0 Å². The fraction of sp³-hybridized carbons (Fsp3) is 0.733. The number of aliphatic hydroxyl groups excluding tert-OH is 1. The average Bonchev–Trinajstić information content (AvgIpc) is 3.17. The molecule has 2 aliphatic rings. The molecule has 0 aliphatic carbocycles. The van der Waals surface area contributed by atoms with Gasteiger partial charge in [-0.25, -0.2) is 13.7 Å². The molecule has 0 spiro atoms. The number of imide groups is 1. The number of phosphoric ester groups is 2. The van der Waals surface area contributed by atoms with Gasteiger partial charge in [-0.2, -0.15) is 8.62 Å². The van der Waals surface area contributed by atoms with E-state index >= 15 is 0 Å². The molecule has 2 aliphatic heterocycles. The van der Waals surface area contributed by atoms with Crippen LogP contribution in [0.1, 0.15) is 6.42 Å². The van der Waals surface area contributed by atoms with Crippen LogP contribution in [0.2, 0.25) is 0 Å². The Morgan fingerprint density at radius 2 is 1.59 bits per heavy atom. The van der Waals surface area contributed by atoms with Crippen LogP contribution in [-0.4, -0.2) is 76.8 Å². The summed E-state index contributed by atoms with van der Waals surface area (Å²) in [5, 5.41) is 12.5. The summed E-state index contributed by atoms with van der Waals surface area (Å²) in [6.07, 6.45) is -1.82. The first-order valence-corrected chi connectivity index (χ1v) is 13.9. The summed E-state index contributed by atoms with van der Waals surface area (Å²) in [5.41, 5.74) is 5.68. The molecule has 2 amide bonds. The molecular formula is C15H27N2O14P3. The summed E-state index contributed by atoms with van der Waals surface area (Å²) in [5.74, 6) is -2.16. The molecule has 0 bridgehead atoms. The van der Waals surface area contributed by atoms with Gasteiger partial charge in [-0.3, -0.25) is 37.5 Å². The average molecular weight is 552 g/mol. The summed E-state index contributed by atoms with van der Waals surface area (Å²) in [6, 6.07) is 0. The predicted molar refractivity (Wildman–Crippen MR) is 112 cm³/mol. The maximum absolute atomic E-state index is 12.8. The van der Waals surface area contributed by atoms with Crippen LogP contribution >= 0.6 is 23.5 Å². The first-order valence-electron chi connectivity index (χ1n) is 9.56. The molecule has 0 aromatic rings. The second-order valence-corrected chi connectivity index (χ2v) is 12.5. The number of amides is 2. The largest absolute Gasteiger partial charge is 0.492 e. The van der Waals surface area contributed by atoms with Crippen LogP contribution in [0.4, 0.5) is 0 Å². The number of nitrogens with two attached hydrogens (primary N) is 1. The van der Waals surface area contributed by atoms with Gasteiger partial charge >= 0.3 is 23.5 Å². The van der Waals surface area contributed by atoms with Crippen LogP contribution in [0.25, 0.3) is 0 Å². The molecular weight excluding hydrogens is 525 g/mol. The van der Waals surface area contributed by atoms with Gasteiger partial charge in [-0.1, -0.05) is 6.08 Å². The Labute approximate surface area is 195 Å². The molecule has 2 rings (SSSR count). The third-order valence-corrected chi connectivity index (χ3v) is 10.2. The molecule has 4 unspecified atom stereocenters. The topological polar surface area (TPSA) is 217 Å². The van der Waals surface area contributed by atoms with Crippen LogP contribution in [0.15, 0.2) is 11.6 Å². The zero-order valence-corrected chi connectivity index (χ0v) is 21.4. The Kier molecular flexibility index (Phi) is 10.3. The summed E-state index contributed by atoms with van der Waals surface area (Å²) in [7, 11) is -10.4. The van der Waals surface area contributed by atoms with Crippen molar-refractivity contribution < 1.29 is 64.4 Å². The number of carbonyl (C=O) groups is 2. The Balaban J connectivity index is 2.07. The van der Waals surface area contributed by atoms with Crippen LogP contribution in [0.3, 0.4) is 0 Å². The number of nitrogens with one attached hydrogen (secondary N) is 1. The fourth-order valence-electron chi connectivity index (χ4n) is 2.96. The predicted octanol–water partition coefficient (Wildman–Crippen LogP) is 0.622. The quantitative estimate of drug-likeness (QED) is 0.211. The van der Waals surface area contributed by atoms with Gasteiger partial charge in [0, 0.05) is 47.0 Å². The van der Waals surface area contributed by atoms with Gasteiger partial charge in [-0.15, -0.1) is 0 Å². The van der Waals surface area contributed by atoms with Crippen LogP contribution in [-0.2, 0) is 59.3 Å². The second-order valence-electron chi connectivity index (χ2n) is 6.79. The standard InChI is InChI=1S/C15H27N2O14P3/c1-24-32(21,25-2)30-34(23,27-4)31-33(22,26-3)28-8-13-11(18)6-12(29-13)10-5-9(7-16)14(19)17-15(10)20/h5,10-13,18H,6-8,16H2,1-4H3,(H,17,19,20)/t10?,11?,12-,13-,33?,34?/m1/s1. The van der Waals surface area contributed by atoms with Crippen molar-refractivity contribution in [3.8, 4) is 0 Å². The highest BCUT2D eigenvalue weighted by atomic mass is 31.3. The molecule has 0 aromatic carbocycles. The maximum Gasteiger partial charge on any atom is 0.492 e. The van der Waals surface area contributed by atoms with Crippen molar-refractivity contribution >= 4 is 35.3 Å². The molecule has 0 aromatic heterocycles. The van der Waals surface area contributed by atoms with E-state index in [2.05, 4.69) is 27.7 Å². The molecule has 4 N–H and O–H groups in total. The van der Waals surface area contributed by atoms with Gasteiger partial charge in [0.1, 0.15) is 6.10 Å². The zero-order chi connectivity index (χ0) is 25.7. The van der Waals surface area contributed by atoms with Crippen LogP contribution < -0.4 is 11.1 Å². The van der Waals surface area contributed by atoms with E-state index in [4.69, 9.17) is 19.3 Å². The molecule has 1 saturated heterocycles. The van der Waals surface area contributed by atoms with Gasteiger partial charge in [0.15, 0.2) is 0 Å². The lowest BCUT2D eigenvalue weighted by Gasteiger charge is -2.25. The van der Waals surface area contributed by atoms with Crippen molar-refractivity contribution in [2.45, 2.75) is 24.7 Å². The third-order valence-electron chi connectivity index (χ3n) is 4.78. The molecule has 1 fully saturated rings.